The van der Waals surface area contributed by atoms with Gasteiger partial charge in [0.05, 0.1) is 11.5 Å². The maximum absolute atomic E-state index is 13.2. The van der Waals surface area contributed by atoms with Crippen molar-refractivity contribution in [3.8, 4) is 0 Å². The van der Waals surface area contributed by atoms with Crippen LogP contribution in [0.3, 0.4) is 0 Å². The third-order valence-electron chi connectivity index (χ3n) is 7.01. The monoisotopic (exact) mass is 493 g/mol. The molecule has 1 fully saturated rings. The molecule has 5 nitrogen and oxygen atoms in total. The summed E-state index contributed by atoms with van der Waals surface area (Å²) >= 11 is 0. The minimum absolute atomic E-state index is 0.0607. The van der Waals surface area contributed by atoms with Gasteiger partial charge in [-0.3, -0.25) is 0 Å². The fraction of sp³-hybridized carbons (Fsp3) is 0.905. The second-order valence-electron chi connectivity index (χ2n) is 12.3. The van der Waals surface area contributed by atoms with Gasteiger partial charge in [-0.15, -0.1) is 0 Å². The number of sulfonamides is 2. The molecule has 0 unspecified atom stereocenters. The predicted molar refractivity (Wildman–Crippen MR) is 133 cm³/mol. The molecule has 3 rings (SSSR count). The molecule has 0 saturated heterocycles. The van der Waals surface area contributed by atoms with Crippen molar-refractivity contribution < 1.29 is 16.8 Å². The fourth-order valence-electron chi connectivity index (χ4n) is 4.50. The minimum atomic E-state index is -3.85. The zero-order valence-electron chi connectivity index (χ0n) is 20.3. The Labute approximate surface area is 187 Å². The van der Waals surface area contributed by atoms with Gasteiger partial charge in [-0.25, -0.2) is 16.8 Å². The maximum atomic E-state index is 13.2. The summed E-state index contributed by atoms with van der Waals surface area (Å²) < 4.78 is 53.7. The number of rotatable bonds is 11. The lowest BCUT2D eigenvalue weighted by Gasteiger charge is -2.56. The van der Waals surface area contributed by atoms with Crippen molar-refractivity contribution in [2.45, 2.75) is 84.5 Å². The van der Waals surface area contributed by atoms with Gasteiger partial charge in [0.2, 0.25) is 20.0 Å². The second kappa shape index (κ2) is 8.76. The molecule has 0 spiro atoms. The SMILES string of the molecule is CC1(C)[C@H]2CC=C(CCN(S(=O)(=O)CC[Si](C)(C)C)S(=O)(=O)CC[Si](C)(C)C)[C@@H]1C2. The average molecular weight is 494 g/mol. The molecule has 0 aliphatic heterocycles. The summed E-state index contributed by atoms with van der Waals surface area (Å²) in [6, 6.07) is 1.16. The lowest BCUT2D eigenvalue weighted by atomic mass is 9.48. The molecular weight excluding hydrogens is 451 g/mol. The number of fused-ring (bicyclic) bond motifs is 1. The van der Waals surface area contributed by atoms with Crippen LogP contribution >= 0.6 is 0 Å². The molecule has 3 aliphatic carbocycles. The molecule has 0 N–H and O–H groups in total. The summed E-state index contributed by atoms with van der Waals surface area (Å²) in [6.07, 6.45) is 4.96. The zero-order valence-corrected chi connectivity index (χ0v) is 23.9. The molecule has 0 aromatic rings. The smallest absolute Gasteiger partial charge is 0.211 e. The van der Waals surface area contributed by atoms with E-state index in [-0.39, 0.29) is 23.5 Å². The lowest BCUT2D eigenvalue weighted by Crippen LogP contribution is -2.49. The molecule has 0 heterocycles. The molecule has 2 bridgehead atoms. The molecular formula is C21H43NO4S2Si2. The third kappa shape index (κ3) is 6.53. The number of nitrogens with zero attached hydrogens (tertiary/aromatic N) is 1. The van der Waals surface area contributed by atoms with Gasteiger partial charge in [0.15, 0.2) is 0 Å². The first kappa shape index (κ1) is 26.3. The van der Waals surface area contributed by atoms with Gasteiger partial charge in [-0.1, -0.05) is 68.5 Å². The normalized spacial score (nSPS) is 24.5. The van der Waals surface area contributed by atoms with Gasteiger partial charge in [-0.2, -0.15) is 0 Å². The van der Waals surface area contributed by atoms with Crippen molar-refractivity contribution >= 4 is 36.2 Å². The molecule has 0 aromatic heterocycles. The summed E-state index contributed by atoms with van der Waals surface area (Å²) in [4.78, 5) is 0. The van der Waals surface area contributed by atoms with Crippen molar-refractivity contribution in [2.24, 2.45) is 17.3 Å². The standard InChI is InChI=1S/C21H43NO4S2Si2/c1-21(2)19-10-9-18(20(21)17-19)11-12-22(27(23,24)13-15-29(3,4)5)28(25,26)14-16-30(6,7)8/h9,19-20H,10-17H2,1-8H3/t19-,20-/m0/s1. The van der Waals surface area contributed by atoms with Gasteiger partial charge >= 0.3 is 0 Å². The lowest BCUT2D eigenvalue weighted by molar-refractivity contribution is -0.00826. The summed E-state index contributed by atoms with van der Waals surface area (Å²) in [5.74, 6) is 1.05. The highest BCUT2D eigenvalue weighted by atomic mass is 32.3. The quantitative estimate of drug-likeness (QED) is 0.300. The van der Waals surface area contributed by atoms with E-state index in [0.29, 0.717) is 30.3 Å². The van der Waals surface area contributed by atoms with Gasteiger partial charge in [0.1, 0.15) is 0 Å². The Hall–Kier alpha value is 0.0338. The Kier molecular flexibility index (Phi) is 7.68. The van der Waals surface area contributed by atoms with Crippen LogP contribution in [0.2, 0.25) is 51.4 Å². The van der Waals surface area contributed by atoms with E-state index in [1.807, 2.05) is 0 Å². The van der Waals surface area contributed by atoms with Crippen LogP contribution < -0.4 is 0 Å². The summed E-state index contributed by atoms with van der Waals surface area (Å²) in [6.45, 7) is 17.3. The predicted octanol–water partition coefficient (Wildman–Crippen LogP) is 5.01. The first-order valence-corrected chi connectivity index (χ1v) is 21.9. The molecule has 2 atom stereocenters. The number of hydrogen-bond acceptors (Lipinski definition) is 4. The average Bonchev–Trinajstić information content (AvgIpc) is 2.57. The van der Waals surface area contributed by atoms with Gasteiger partial charge in [0.25, 0.3) is 0 Å². The summed E-state index contributed by atoms with van der Waals surface area (Å²) in [5, 5.41) is 0. The van der Waals surface area contributed by atoms with Gasteiger partial charge in [-0.05, 0) is 48.6 Å². The molecule has 0 aromatic carbocycles. The van der Waals surface area contributed by atoms with Crippen molar-refractivity contribution in [1.82, 2.24) is 3.71 Å². The van der Waals surface area contributed by atoms with Gasteiger partial charge in [0, 0.05) is 22.7 Å². The van der Waals surface area contributed by atoms with Crippen molar-refractivity contribution in [3.05, 3.63) is 11.6 Å². The van der Waals surface area contributed by atoms with Crippen LogP contribution in [0.5, 0.6) is 0 Å². The molecule has 3 aliphatic rings. The first-order valence-electron chi connectivity index (χ1n) is 11.3. The van der Waals surface area contributed by atoms with Crippen LogP contribution in [0.15, 0.2) is 11.6 Å². The van der Waals surface area contributed by atoms with Crippen LogP contribution in [0, 0.1) is 17.3 Å². The molecule has 9 heteroatoms. The molecule has 30 heavy (non-hydrogen) atoms. The van der Waals surface area contributed by atoms with Crippen molar-refractivity contribution in [3.63, 3.8) is 0 Å². The Bertz CT molecular complexity index is 818. The molecule has 0 amide bonds. The van der Waals surface area contributed by atoms with Crippen LogP contribution in [0.1, 0.15) is 33.1 Å². The minimum Gasteiger partial charge on any atom is -0.211 e. The first-order chi connectivity index (χ1) is 13.4. The Morgan fingerprint density at radius 1 is 0.933 bits per heavy atom. The highest BCUT2D eigenvalue weighted by molar-refractivity contribution is 8.04. The highest BCUT2D eigenvalue weighted by Crippen LogP contribution is 2.59. The summed E-state index contributed by atoms with van der Waals surface area (Å²) in [5.41, 5.74) is 1.51. The number of hydrogen-bond donors (Lipinski definition) is 0. The van der Waals surface area contributed by atoms with E-state index in [1.165, 1.54) is 5.57 Å². The zero-order chi connectivity index (χ0) is 23.2. The Morgan fingerprint density at radius 3 is 1.77 bits per heavy atom. The Morgan fingerprint density at radius 2 is 1.40 bits per heavy atom. The van der Waals surface area contributed by atoms with E-state index in [0.717, 1.165) is 16.6 Å². The van der Waals surface area contributed by atoms with E-state index in [2.05, 4.69) is 59.2 Å². The molecule has 176 valence electrons. The van der Waals surface area contributed by atoms with Crippen molar-refractivity contribution in [1.29, 1.82) is 0 Å². The Balaban J connectivity index is 2.22. The van der Waals surface area contributed by atoms with E-state index in [1.54, 1.807) is 0 Å². The van der Waals surface area contributed by atoms with E-state index < -0.39 is 36.2 Å². The topological polar surface area (TPSA) is 71.5 Å². The largest absolute Gasteiger partial charge is 0.226 e. The number of allylic oxidation sites excluding steroid dienone is 1. The van der Waals surface area contributed by atoms with Crippen LogP contribution in [-0.2, 0) is 20.0 Å². The third-order valence-corrected chi connectivity index (χ3v) is 15.6. The van der Waals surface area contributed by atoms with Crippen LogP contribution in [0.25, 0.3) is 0 Å². The maximum Gasteiger partial charge on any atom is 0.226 e. The van der Waals surface area contributed by atoms with Crippen LogP contribution in [-0.4, -0.2) is 54.7 Å². The second-order valence-corrected chi connectivity index (χ2v) is 27.8. The highest BCUT2D eigenvalue weighted by Gasteiger charge is 2.51. The molecule has 1 saturated carbocycles. The molecule has 0 radical (unpaired) electrons. The van der Waals surface area contributed by atoms with E-state index in [4.69, 9.17) is 0 Å². The van der Waals surface area contributed by atoms with E-state index in [9.17, 15) is 16.8 Å². The van der Waals surface area contributed by atoms with Gasteiger partial charge < -0.3 is 0 Å². The summed E-state index contributed by atoms with van der Waals surface area (Å²) in [7, 11) is -10.9. The van der Waals surface area contributed by atoms with Crippen LogP contribution in [0.4, 0.5) is 0 Å². The van der Waals surface area contributed by atoms with Crippen molar-refractivity contribution in [2.75, 3.05) is 18.1 Å². The van der Waals surface area contributed by atoms with E-state index >= 15 is 0 Å². The fourth-order valence-corrected chi connectivity index (χ4v) is 14.4.